The van der Waals surface area contributed by atoms with Gasteiger partial charge < -0.3 is 10.3 Å². The highest BCUT2D eigenvalue weighted by Crippen LogP contribution is 2.38. The molecular formula is C47H34N4. The summed E-state index contributed by atoms with van der Waals surface area (Å²) < 4.78 is 2.41. The van der Waals surface area contributed by atoms with Gasteiger partial charge in [0.2, 0.25) is 0 Å². The van der Waals surface area contributed by atoms with E-state index in [0.717, 1.165) is 27.9 Å². The van der Waals surface area contributed by atoms with Crippen molar-refractivity contribution in [2.45, 2.75) is 6.54 Å². The van der Waals surface area contributed by atoms with E-state index in [-0.39, 0.29) is 0 Å². The summed E-state index contributed by atoms with van der Waals surface area (Å²) in [6.07, 6.45) is 0. The van der Waals surface area contributed by atoms with Gasteiger partial charge in [-0.1, -0.05) is 164 Å². The molecule has 0 bridgehead atoms. The van der Waals surface area contributed by atoms with E-state index >= 15 is 0 Å². The van der Waals surface area contributed by atoms with Crippen LogP contribution in [0, 0.1) is 0 Å². The van der Waals surface area contributed by atoms with Crippen molar-refractivity contribution >= 4 is 55.0 Å². The Kier molecular flexibility index (Phi) is 7.67. The zero-order valence-corrected chi connectivity index (χ0v) is 27.9. The van der Waals surface area contributed by atoms with Gasteiger partial charge in [-0.15, -0.1) is 0 Å². The Morgan fingerprint density at radius 1 is 0.490 bits per heavy atom. The van der Waals surface area contributed by atoms with Gasteiger partial charge in [0.05, 0.1) is 17.6 Å². The molecule has 9 aromatic rings. The van der Waals surface area contributed by atoms with Crippen molar-refractivity contribution < 1.29 is 0 Å². The third-order valence-corrected chi connectivity index (χ3v) is 9.72. The van der Waals surface area contributed by atoms with Crippen LogP contribution in [0.25, 0.3) is 60.2 Å². The Morgan fingerprint density at radius 3 is 1.82 bits per heavy atom. The molecule has 8 aromatic carbocycles. The second-order valence-corrected chi connectivity index (χ2v) is 12.8. The van der Waals surface area contributed by atoms with E-state index < -0.39 is 0 Å². The molecule has 0 atom stereocenters. The van der Waals surface area contributed by atoms with Crippen molar-refractivity contribution in [1.82, 2.24) is 4.57 Å². The van der Waals surface area contributed by atoms with Crippen LogP contribution >= 0.6 is 0 Å². The van der Waals surface area contributed by atoms with E-state index in [4.69, 9.17) is 15.7 Å². The number of aliphatic imine (C=N–C) groups is 2. The minimum absolute atomic E-state index is 0.436. The molecule has 2 N–H and O–H groups in total. The number of amidine groups is 2. The minimum atomic E-state index is 0.436. The number of hydrogen-bond acceptors (Lipinski definition) is 1. The molecule has 242 valence electrons. The van der Waals surface area contributed by atoms with Gasteiger partial charge >= 0.3 is 0 Å². The molecule has 0 unspecified atom stereocenters. The highest BCUT2D eigenvalue weighted by Gasteiger charge is 2.16. The maximum atomic E-state index is 6.52. The van der Waals surface area contributed by atoms with Gasteiger partial charge in [-0.2, -0.15) is 0 Å². The Labute approximate surface area is 296 Å². The second kappa shape index (κ2) is 12.9. The third kappa shape index (κ3) is 5.53. The average molecular weight is 655 g/mol. The number of hydrogen-bond donors (Lipinski definition) is 1. The highest BCUT2D eigenvalue weighted by atomic mass is 15.0. The highest BCUT2D eigenvalue weighted by molar-refractivity contribution is 6.18. The number of nitrogens with two attached hydrogens (primary N) is 1. The largest absolute Gasteiger partial charge is 0.383 e. The topological polar surface area (TPSA) is 55.7 Å². The number of fused-ring (bicyclic) bond motifs is 6. The summed E-state index contributed by atoms with van der Waals surface area (Å²) >= 11 is 0. The van der Waals surface area contributed by atoms with Crippen molar-refractivity contribution in [2.24, 2.45) is 15.7 Å². The van der Waals surface area contributed by atoms with Crippen LogP contribution in [0.3, 0.4) is 0 Å². The van der Waals surface area contributed by atoms with Crippen LogP contribution in [0.15, 0.2) is 192 Å². The average Bonchev–Trinajstić information content (AvgIpc) is 3.55. The lowest BCUT2D eigenvalue weighted by molar-refractivity contribution is 1.07. The van der Waals surface area contributed by atoms with Gasteiger partial charge in [0.15, 0.2) is 5.84 Å². The van der Waals surface area contributed by atoms with Crippen LogP contribution in [-0.2, 0) is 6.54 Å². The summed E-state index contributed by atoms with van der Waals surface area (Å²) in [5.74, 6) is 1.04. The molecule has 0 spiro atoms. The Balaban J connectivity index is 1.17. The number of para-hydroxylation sites is 1. The first-order chi connectivity index (χ1) is 25.2. The number of benzene rings is 8. The first-order valence-corrected chi connectivity index (χ1v) is 17.2. The summed E-state index contributed by atoms with van der Waals surface area (Å²) in [6, 6.07) is 63.7. The summed E-state index contributed by atoms with van der Waals surface area (Å²) in [4.78, 5) is 9.97. The van der Waals surface area contributed by atoms with Crippen LogP contribution in [0.1, 0.15) is 16.7 Å². The first kappa shape index (κ1) is 30.3. The fourth-order valence-corrected chi connectivity index (χ4v) is 7.29. The van der Waals surface area contributed by atoms with Crippen molar-refractivity contribution in [3.8, 4) is 16.8 Å². The predicted octanol–water partition coefficient (Wildman–Crippen LogP) is 11.1. The normalized spacial score (nSPS) is 12.3. The molecule has 51 heavy (non-hydrogen) atoms. The van der Waals surface area contributed by atoms with Crippen molar-refractivity contribution in [3.63, 3.8) is 0 Å². The third-order valence-electron chi connectivity index (χ3n) is 9.72. The van der Waals surface area contributed by atoms with Gasteiger partial charge in [0.25, 0.3) is 0 Å². The van der Waals surface area contributed by atoms with Crippen LogP contribution in [-0.4, -0.2) is 16.2 Å². The van der Waals surface area contributed by atoms with Crippen LogP contribution in [0.5, 0.6) is 0 Å². The molecule has 0 aliphatic carbocycles. The van der Waals surface area contributed by atoms with Crippen LogP contribution in [0.2, 0.25) is 0 Å². The van der Waals surface area contributed by atoms with Gasteiger partial charge in [-0.25, -0.2) is 4.99 Å². The molecule has 1 heterocycles. The molecular weight excluding hydrogens is 621 g/mol. The number of rotatable bonds is 6. The lowest BCUT2D eigenvalue weighted by Gasteiger charge is -2.15. The van der Waals surface area contributed by atoms with Gasteiger partial charge in [0, 0.05) is 33.0 Å². The molecule has 0 fully saturated rings. The SMILES string of the molecule is NC(=NC(=NCc1ccc2ccccc2c1-c1ccc(-n2c3ccccc3c3ccc4ccccc4c32)cc1)c1ccccc1)c1ccccc1. The zero-order chi connectivity index (χ0) is 34.1. The molecule has 0 amide bonds. The van der Waals surface area contributed by atoms with E-state index in [1.165, 1.54) is 48.9 Å². The lowest BCUT2D eigenvalue weighted by atomic mass is 9.93. The molecule has 1 aromatic heterocycles. The summed E-state index contributed by atoms with van der Waals surface area (Å²) in [5, 5.41) is 7.36. The first-order valence-electron chi connectivity index (χ1n) is 17.2. The monoisotopic (exact) mass is 654 g/mol. The standard InChI is InChI=1S/C47H34N4/c48-46(35-15-3-1-4-16-35)50-47(36-17-5-2-6-18-36)49-31-37-24-23-32-13-7-9-19-39(32)44(37)34-25-28-38(29-26-34)51-43-22-12-11-21-41(43)42-30-27-33-14-8-10-20-40(33)45(42)51/h1-30H,31H2,(H2,48,49,50). The summed E-state index contributed by atoms with van der Waals surface area (Å²) in [6.45, 7) is 0.441. The van der Waals surface area contributed by atoms with E-state index in [9.17, 15) is 0 Å². The predicted molar refractivity (Wildman–Crippen MR) is 215 cm³/mol. The van der Waals surface area contributed by atoms with E-state index in [2.05, 4.69) is 126 Å². The van der Waals surface area contributed by atoms with Crippen molar-refractivity contribution in [2.75, 3.05) is 0 Å². The van der Waals surface area contributed by atoms with Crippen LogP contribution < -0.4 is 5.73 Å². The Bertz CT molecular complexity index is 2760. The van der Waals surface area contributed by atoms with Gasteiger partial charge in [-0.05, 0) is 51.0 Å². The van der Waals surface area contributed by atoms with E-state index in [1.807, 2.05) is 60.7 Å². The van der Waals surface area contributed by atoms with E-state index in [1.54, 1.807) is 0 Å². The maximum Gasteiger partial charge on any atom is 0.157 e. The van der Waals surface area contributed by atoms with Crippen molar-refractivity contribution in [1.29, 1.82) is 0 Å². The summed E-state index contributed by atoms with van der Waals surface area (Å²) in [7, 11) is 0. The second-order valence-electron chi connectivity index (χ2n) is 12.8. The lowest BCUT2D eigenvalue weighted by Crippen LogP contribution is -2.16. The molecule has 0 saturated heterocycles. The van der Waals surface area contributed by atoms with Crippen molar-refractivity contribution in [3.05, 3.63) is 199 Å². The smallest absolute Gasteiger partial charge is 0.157 e. The Hall–Kier alpha value is -6.78. The van der Waals surface area contributed by atoms with Gasteiger partial charge in [0.1, 0.15) is 5.84 Å². The fraction of sp³-hybridized carbons (Fsp3) is 0.0213. The fourth-order valence-electron chi connectivity index (χ4n) is 7.29. The van der Waals surface area contributed by atoms with Crippen LogP contribution in [0.4, 0.5) is 0 Å². The number of nitrogens with zero attached hydrogens (tertiary/aromatic N) is 3. The molecule has 4 nitrogen and oxygen atoms in total. The minimum Gasteiger partial charge on any atom is -0.383 e. The maximum absolute atomic E-state index is 6.52. The summed E-state index contributed by atoms with van der Waals surface area (Å²) in [5.41, 5.74) is 15.3. The molecule has 9 rings (SSSR count). The Morgan fingerprint density at radius 2 is 1.08 bits per heavy atom. The molecule has 0 aliphatic heterocycles. The van der Waals surface area contributed by atoms with E-state index in [0.29, 0.717) is 18.2 Å². The van der Waals surface area contributed by atoms with Gasteiger partial charge in [-0.3, -0.25) is 4.99 Å². The molecule has 0 saturated carbocycles. The number of aromatic nitrogens is 1. The zero-order valence-electron chi connectivity index (χ0n) is 27.9. The molecule has 4 heteroatoms. The molecule has 0 aliphatic rings. The molecule has 0 radical (unpaired) electrons. The quantitative estimate of drug-likeness (QED) is 0.141.